The van der Waals surface area contributed by atoms with Crippen molar-refractivity contribution >= 4 is 41.8 Å². The average Bonchev–Trinajstić information content (AvgIpc) is 2.71. The molecule has 0 unspecified atom stereocenters. The Hall–Kier alpha value is -2.98. The van der Waals surface area contributed by atoms with Crippen LogP contribution < -0.4 is 0 Å². The normalized spacial score (nSPS) is 16.7. The van der Waals surface area contributed by atoms with E-state index in [-0.39, 0.29) is 0 Å². The number of carbonyl (C=O) groups excluding carboxylic acids is 8. The maximum absolute atomic E-state index is 11.2. The van der Waals surface area contributed by atoms with Crippen LogP contribution in [-0.2, 0) is 46.8 Å². The Balaban J connectivity index is 0.000000664. The van der Waals surface area contributed by atoms with Crippen LogP contribution in [0.1, 0.15) is 0 Å². The van der Waals surface area contributed by atoms with Crippen LogP contribution in [0.2, 0.25) is 0 Å². The number of pyridine rings is 1. The molecular weight excluding hydrogens is 357 g/mol. The fraction of sp³-hybridized carbons (Fsp3) is 0. The molecule has 0 aliphatic rings. The van der Waals surface area contributed by atoms with Crippen molar-refractivity contribution in [1.82, 2.24) is 4.98 Å². The topological polar surface area (TPSA) is 149 Å². The summed E-state index contributed by atoms with van der Waals surface area (Å²) in [6.07, 6.45) is 3.50. The minimum Gasteiger partial charge on any atom is -0.265 e. The molecule has 1 aromatic heterocycles. The van der Waals surface area contributed by atoms with Crippen LogP contribution in [0.5, 0.6) is 0 Å². The fourth-order valence-electron chi connectivity index (χ4n) is 0.831. The molecule has 0 spiro atoms. The second-order valence-electron chi connectivity index (χ2n) is 4.76. The molecule has 1 rings (SSSR count). The third-order valence-corrected chi connectivity index (χ3v) is 11.0. The van der Waals surface area contributed by atoms with E-state index in [9.17, 15) is 38.4 Å². The van der Waals surface area contributed by atoms with Gasteiger partial charge in [-0.3, -0.25) is 4.98 Å². The molecular formula is C13H13CoNO8. The van der Waals surface area contributed by atoms with Crippen LogP contribution >= 0.6 is 0 Å². The van der Waals surface area contributed by atoms with Crippen molar-refractivity contribution in [1.29, 1.82) is 0 Å². The van der Waals surface area contributed by atoms with Gasteiger partial charge in [0.25, 0.3) is 0 Å². The molecule has 0 bridgehead atoms. The largest absolute Gasteiger partial charge is 0.265 e. The molecule has 0 aliphatic carbocycles. The van der Waals surface area contributed by atoms with E-state index in [2.05, 4.69) is 4.98 Å². The number of rotatable bonds is 8. The molecule has 1 heterocycles. The number of hydrogen-bond donors (Lipinski definition) is 0. The number of nitrogens with zero attached hydrogens (tertiary/aromatic N) is 1. The van der Waals surface area contributed by atoms with E-state index < -0.39 is 50.2 Å². The van der Waals surface area contributed by atoms with Crippen LogP contribution in [0.25, 0.3) is 0 Å². The van der Waals surface area contributed by atoms with E-state index >= 15 is 0 Å². The van der Waals surface area contributed by atoms with Crippen molar-refractivity contribution in [3.8, 4) is 0 Å². The molecule has 23 heavy (non-hydrogen) atoms. The standard InChI is InChI=1S/C5H5N.8CHO.Co/c1-2-4-6-5-3-1;8*1-2;/h1-5H;8*1H;. The van der Waals surface area contributed by atoms with Crippen molar-refractivity contribution < 1.29 is 46.8 Å². The summed E-state index contributed by atoms with van der Waals surface area (Å²) in [5.74, 6) is 0. The van der Waals surface area contributed by atoms with E-state index in [4.69, 9.17) is 0 Å². The number of hydrogen-bond acceptors (Lipinski definition) is 9. The molecule has 0 atom stereocenters. The Kier molecular flexibility index (Phi) is 3.53. The molecule has 0 saturated carbocycles. The first-order chi connectivity index (χ1) is 10.7. The Morgan fingerprint density at radius 2 is 0.739 bits per heavy atom. The van der Waals surface area contributed by atoms with Gasteiger partial charge in [-0.05, 0) is 12.1 Å². The first kappa shape index (κ1) is 20.0. The van der Waals surface area contributed by atoms with E-state index in [0.29, 0.717) is 0 Å². The van der Waals surface area contributed by atoms with Crippen LogP contribution in [0.4, 0.5) is 0 Å². The van der Waals surface area contributed by atoms with Crippen molar-refractivity contribution in [2.24, 2.45) is 0 Å². The minimum atomic E-state index is -8.64. The summed E-state index contributed by atoms with van der Waals surface area (Å²) < 4.78 is 0. The van der Waals surface area contributed by atoms with Crippen LogP contribution in [0, 0.1) is 0 Å². The van der Waals surface area contributed by atoms with Crippen LogP contribution in [0.3, 0.4) is 0 Å². The van der Waals surface area contributed by atoms with E-state index in [1.165, 1.54) is 0 Å². The van der Waals surface area contributed by atoms with Gasteiger partial charge >= 0.3 is 88.6 Å². The number of carbonyl (C=O) groups is 8. The van der Waals surface area contributed by atoms with E-state index in [1.807, 2.05) is 18.2 Å². The molecule has 0 saturated heterocycles. The van der Waals surface area contributed by atoms with Crippen molar-refractivity contribution in [3.05, 3.63) is 30.6 Å². The maximum atomic E-state index is 11.2. The van der Waals surface area contributed by atoms with Crippen LogP contribution in [-0.4, -0.2) is 46.7 Å². The Labute approximate surface area is 124 Å². The summed E-state index contributed by atoms with van der Waals surface area (Å²) in [6.45, 7) is 0. The van der Waals surface area contributed by atoms with Gasteiger partial charge in [0.15, 0.2) is 0 Å². The first-order valence-corrected chi connectivity index (χ1v) is 10.1. The summed E-state index contributed by atoms with van der Waals surface area (Å²) in [6, 6.07) is 5.72. The Bertz CT molecular complexity index is 580. The van der Waals surface area contributed by atoms with Crippen molar-refractivity contribution in [3.63, 3.8) is 0 Å². The molecule has 0 amide bonds. The molecule has 127 valence electrons. The maximum Gasteiger partial charge on any atom is 0.0267 e. The smallest absolute Gasteiger partial charge is 0.0267 e. The molecule has 1 aromatic rings. The quantitative estimate of drug-likeness (QED) is 0.519. The monoisotopic (exact) mass is 370 g/mol. The predicted molar refractivity (Wildman–Crippen MR) is 78.2 cm³/mol. The third kappa shape index (κ3) is 1.58. The van der Waals surface area contributed by atoms with E-state index in [0.717, 1.165) is 0 Å². The molecule has 10 heteroatoms. The summed E-state index contributed by atoms with van der Waals surface area (Å²) in [4.78, 5) is 93.1. The fourth-order valence-corrected chi connectivity index (χ4v) is 2.45. The van der Waals surface area contributed by atoms with Gasteiger partial charge < -0.3 is 0 Å². The molecule has 0 aliphatic heterocycles. The second-order valence-corrected chi connectivity index (χ2v) is 16.4. The van der Waals surface area contributed by atoms with Gasteiger partial charge in [-0.15, -0.1) is 0 Å². The Morgan fingerprint density at radius 3 is 0.783 bits per heavy atom. The van der Waals surface area contributed by atoms with Gasteiger partial charge in [-0.25, -0.2) is 0 Å². The zero-order valence-electron chi connectivity index (χ0n) is 11.6. The second kappa shape index (κ2) is 4.05. The zero-order valence-corrected chi connectivity index (χ0v) is 12.6. The van der Waals surface area contributed by atoms with Gasteiger partial charge in [0, 0.05) is 12.4 Å². The summed E-state index contributed by atoms with van der Waals surface area (Å²) in [5, 5.41) is -8.31. The molecule has 0 N–H and O–H groups in total. The van der Waals surface area contributed by atoms with Crippen molar-refractivity contribution in [2.75, 3.05) is 0 Å². The van der Waals surface area contributed by atoms with Crippen molar-refractivity contribution in [2.45, 2.75) is 0 Å². The molecule has 0 fully saturated rings. The molecule has 0 aromatic carbocycles. The SMILES string of the molecule is O=[CH][Co]([CH]=O)([CH]=O)([CH]=O)([CH]=O)([CH]=O)([CH]=O)[CH]=O.c1ccncc1. The van der Waals surface area contributed by atoms with E-state index in [1.54, 1.807) is 12.4 Å². The molecule has 0 radical (unpaired) electrons. The number of aromatic nitrogens is 1. The zero-order chi connectivity index (χ0) is 18.3. The molecule has 9 nitrogen and oxygen atoms in total. The minimum absolute atomic E-state index is 1.04. The summed E-state index contributed by atoms with van der Waals surface area (Å²) in [5.41, 5.74) is 0. The predicted octanol–water partition coefficient (Wildman–Crippen LogP) is -1.11. The van der Waals surface area contributed by atoms with Gasteiger partial charge in [0.05, 0.1) is 0 Å². The van der Waals surface area contributed by atoms with Crippen LogP contribution in [0.15, 0.2) is 30.6 Å². The Morgan fingerprint density at radius 1 is 0.478 bits per heavy atom. The van der Waals surface area contributed by atoms with Gasteiger partial charge in [-0.1, -0.05) is 6.07 Å². The average molecular weight is 370 g/mol. The van der Waals surface area contributed by atoms with Gasteiger partial charge in [0.2, 0.25) is 0 Å². The third-order valence-electron chi connectivity index (χ3n) is 3.11. The van der Waals surface area contributed by atoms with Gasteiger partial charge in [0.1, 0.15) is 0 Å². The van der Waals surface area contributed by atoms with Gasteiger partial charge in [-0.2, -0.15) is 0 Å². The summed E-state index contributed by atoms with van der Waals surface area (Å²) >= 11 is 0. The summed E-state index contributed by atoms with van der Waals surface area (Å²) in [7, 11) is -8.64. The first-order valence-electron chi connectivity index (χ1n) is 5.27.